The third kappa shape index (κ3) is 29.7. The van der Waals surface area contributed by atoms with E-state index in [1.807, 2.05) is 50.8 Å². The molecule has 33 heavy (non-hydrogen) atoms. The first-order chi connectivity index (χ1) is 15.9. The predicted octanol–water partition coefficient (Wildman–Crippen LogP) is 5.75. The SMILES string of the molecule is C/C=C\C(Cl)=C/C/C=C/CCN(C=O)CCCC.CC.CCCNC(=O)C/C=C\C(N)=NC. The van der Waals surface area contributed by atoms with Crippen LogP contribution in [0.15, 0.2) is 52.6 Å². The zero-order valence-electron chi connectivity index (χ0n) is 21.6. The number of nitrogens with one attached hydrogen (secondary N) is 1. The van der Waals surface area contributed by atoms with E-state index < -0.39 is 0 Å². The van der Waals surface area contributed by atoms with Crippen molar-refractivity contribution in [3.05, 3.63) is 47.6 Å². The van der Waals surface area contributed by atoms with Crippen molar-refractivity contribution in [1.82, 2.24) is 10.2 Å². The number of amidine groups is 1. The van der Waals surface area contributed by atoms with Gasteiger partial charge in [0.25, 0.3) is 0 Å². The van der Waals surface area contributed by atoms with Gasteiger partial charge in [0.1, 0.15) is 5.84 Å². The number of aliphatic imine (C=N–C) groups is 1. The number of hydrogen-bond acceptors (Lipinski definition) is 3. The molecule has 0 unspecified atom stereocenters. The summed E-state index contributed by atoms with van der Waals surface area (Å²) in [6.45, 7) is 12.5. The molecule has 190 valence electrons. The third-order valence-electron chi connectivity index (χ3n) is 3.89. The summed E-state index contributed by atoms with van der Waals surface area (Å²) < 4.78 is 0. The summed E-state index contributed by atoms with van der Waals surface area (Å²) in [5, 5.41) is 3.52. The van der Waals surface area contributed by atoms with Crippen molar-refractivity contribution in [3.8, 4) is 0 Å². The first-order valence-electron chi connectivity index (χ1n) is 11.9. The van der Waals surface area contributed by atoms with Crippen molar-refractivity contribution >= 4 is 29.8 Å². The van der Waals surface area contributed by atoms with Crippen molar-refractivity contribution in [3.63, 3.8) is 0 Å². The Morgan fingerprint density at radius 3 is 2.33 bits per heavy atom. The highest BCUT2D eigenvalue weighted by Gasteiger charge is 1.97. The zero-order chi connectivity index (χ0) is 25.7. The predicted molar refractivity (Wildman–Crippen MR) is 146 cm³/mol. The van der Waals surface area contributed by atoms with Crippen LogP contribution >= 0.6 is 11.6 Å². The number of hydrogen-bond donors (Lipinski definition) is 2. The second-order valence-corrected chi connectivity index (χ2v) is 7.12. The van der Waals surface area contributed by atoms with E-state index in [9.17, 15) is 9.59 Å². The summed E-state index contributed by atoms with van der Waals surface area (Å²) in [4.78, 5) is 27.3. The number of rotatable bonds is 15. The molecule has 0 aromatic heterocycles. The highest BCUT2D eigenvalue weighted by atomic mass is 35.5. The van der Waals surface area contributed by atoms with Crippen LogP contribution in [0.3, 0.4) is 0 Å². The number of carbonyl (C=O) groups is 2. The number of allylic oxidation sites excluding steroid dienone is 5. The van der Waals surface area contributed by atoms with Crippen LogP contribution in [0.25, 0.3) is 0 Å². The molecular weight excluding hydrogens is 436 g/mol. The Kier molecular flexibility index (Phi) is 31.7. The van der Waals surface area contributed by atoms with Gasteiger partial charge in [-0.05, 0) is 44.8 Å². The van der Waals surface area contributed by atoms with Crippen LogP contribution in [0.5, 0.6) is 0 Å². The lowest BCUT2D eigenvalue weighted by molar-refractivity contribution is -0.120. The van der Waals surface area contributed by atoms with Crippen LogP contribution < -0.4 is 11.1 Å². The molecule has 0 aliphatic carbocycles. The normalized spacial score (nSPS) is 11.7. The molecule has 0 atom stereocenters. The standard InChI is InChI=1S/C15H24ClNO.C9H17N3O.C2H6/c1-3-5-12-17(14-18)13-9-7-6-8-11-15(16)10-4-2;1-3-7-12-9(13)6-4-5-8(10)11-2;1-2/h4,6-7,10-11,14H,3,5,8-9,12-13H2,1-2H3;4-5H,3,6-7H2,1-2H3,(H2,10,11)(H,12,13);1-2H3/b7-6+,10-4-,15-11+;5-4-;. The molecule has 0 saturated carbocycles. The Hall–Kier alpha value is -2.34. The summed E-state index contributed by atoms with van der Waals surface area (Å²) in [6, 6.07) is 0. The lowest BCUT2D eigenvalue weighted by Crippen LogP contribution is -2.23. The van der Waals surface area contributed by atoms with E-state index in [0.29, 0.717) is 12.3 Å². The van der Waals surface area contributed by atoms with Gasteiger partial charge in [0.2, 0.25) is 12.3 Å². The molecule has 0 aromatic carbocycles. The van der Waals surface area contributed by atoms with E-state index in [1.165, 1.54) is 0 Å². The van der Waals surface area contributed by atoms with Gasteiger partial charge in [-0.2, -0.15) is 0 Å². The molecule has 0 heterocycles. The van der Waals surface area contributed by atoms with Crippen LogP contribution in [0.2, 0.25) is 0 Å². The van der Waals surface area contributed by atoms with E-state index in [-0.39, 0.29) is 5.91 Å². The van der Waals surface area contributed by atoms with Crippen molar-refractivity contribution in [2.45, 2.75) is 73.1 Å². The molecule has 2 amide bonds. The molecule has 0 saturated heterocycles. The van der Waals surface area contributed by atoms with Crippen molar-refractivity contribution < 1.29 is 9.59 Å². The molecule has 0 aromatic rings. The second-order valence-electron chi connectivity index (χ2n) is 6.68. The number of nitrogens with zero attached hydrogens (tertiary/aromatic N) is 2. The Labute approximate surface area is 207 Å². The average molecular weight is 483 g/mol. The maximum atomic E-state index is 11.0. The fourth-order valence-electron chi connectivity index (χ4n) is 2.14. The Morgan fingerprint density at radius 2 is 1.79 bits per heavy atom. The maximum Gasteiger partial charge on any atom is 0.223 e. The fraction of sp³-hybridized carbons (Fsp3) is 0.577. The van der Waals surface area contributed by atoms with Crippen LogP contribution in [0, 0.1) is 0 Å². The Bertz CT molecular complexity index is 611. The van der Waals surface area contributed by atoms with Gasteiger partial charge in [-0.15, -0.1) is 0 Å². The minimum atomic E-state index is 0.0157. The van der Waals surface area contributed by atoms with Crippen molar-refractivity contribution in [2.75, 3.05) is 26.7 Å². The first kappa shape index (κ1) is 35.3. The van der Waals surface area contributed by atoms with E-state index in [2.05, 4.69) is 29.4 Å². The largest absolute Gasteiger partial charge is 0.384 e. The summed E-state index contributed by atoms with van der Waals surface area (Å²) in [5.74, 6) is 0.449. The number of nitrogens with two attached hydrogens (primary N) is 1. The molecule has 0 radical (unpaired) electrons. The molecule has 3 N–H and O–H groups in total. The van der Waals surface area contributed by atoms with Crippen LogP contribution in [0.4, 0.5) is 0 Å². The highest BCUT2D eigenvalue weighted by Crippen LogP contribution is 2.05. The van der Waals surface area contributed by atoms with Gasteiger partial charge >= 0.3 is 0 Å². The third-order valence-corrected chi connectivity index (χ3v) is 4.17. The number of amides is 2. The molecule has 7 heteroatoms. The molecular formula is C26H47ClN4O2. The minimum absolute atomic E-state index is 0.0157. The average Bonchev–Trinajstić information content (AvgIpc) is 2.83. The van der Waals surface area contributed by atoms with Crippen LogP contribution in [-0.4, -0.2) is 49.7 Å². The Morgan fingerprint density at radius 1 is 1.09 bits per heavy atom. The van der Waals surface area contributed by atoms with E-state index in [4.69, 9.17) is 17.3 Å². The first-order valence-corrected chi connectivity index (χ1v) is 12.3. The molecule has 0 aliphatic heterocycles. The lowest BCUT2D eigenvalue weighted by Gasteiger charge is -2.15. The monoisotopic (exact) mass is 482 g/mol. The van der Waals surface area contributed by atoms with Crippen LogP contribution in [0.1, 0.15) is 73.1 Å². The number of carbonyl (C=O) groups excluding carboxylic acids is 2. The molecule has 0 fully saturated rings. The lowest BCUT2D eigenvalue weighted by atomic mass is 10.2. The smallest absolute Gasteiger partial charge is 0.223 e. The Balaban J connectivity index is -0.000000530. The quantitative estimate of drug-likeness (QED) is 0.102. The van der Waals surface area contributed by atoms with Gasteiger partial charge in [0.05, 0.1) is 0 Å². The zero-order valence-corrected chi connectivity index (χ0v) is 22.4. The van der Waals surface area contributed by atoms with Crippen molar-refractivity contribution in [1.29, 1.82) is 0 Å². The van der Waals surface area contributed by atoms with Gasteiger partial charge in [0, 0.05) is 38.1 Å². The molecule has 0 bridgehead atoms. The van der Waals surface area contributed by atoms with Crippen molar-refractivity contribution in [2.24, 2.45) is 10.7 Å². The fourth-order valence-corrected chi connectivity index (χ4v) is 2.35. The summed E-state index contributed by atoms with van der Waals surface area (Å²) in [7, 11) is 1.61. The summed E-state index contributed by atoms with van der Waals surface area (Å²) >= 11 is 5.91. The summed E-state index contributed by atoms with van der Waals surface area (Å²) in [5.41, 5.74) is 5.39. The second kappa shape index (κ2) is 29.7. The minimum Gasteiger partial charge on any atom is -0.384 e. The van der Waals surface area contributed by atoms with E-state index in [1.54, 1.807) is 19.2 Å². The summed E-state index contributed by atoms with van der Waals surface area (Å²) in [6.07, 6.45) is 19.4. The number of halogens is 1. The van der Waals surface area contributed by atoms with Gasteiger partial charge in [-0.25, -0.2) is 0 Å². The van der Waals surface area contributed by atoms with E-state index >= 15 is 0 Å². The highest BCUT2D eigenvalue weighted by molar-refractivity contribution is 6.31. The molecule has 6 nitrogen and oxygen atoms in total. The van der Waals surface area contributed by atoms with Gasteiger partial charge < -0.3 is 16.0 Å². The molecule has 0 spiro atoms. The van der Waals surface area contributed by atoms with Gasteiger partial charge in [-0.3, -0.25) is 14.6 Å². The molecule has 0 rings (SSSR count). The maximum absolute atomic E-state index is 11.0. The van der Waals surface area contributed by atoms with Crippen LogP contribution in [-0.2, 0) is 9.59 Å². The van der Waals surface area contributed by atoms with E-state index in [0.717, 1.165) is 63.2 Å². The molecule has 0 aliphatic rings. The van der Waals surface area contributed by atoms with Gasteiger partial charge in [-0.1, -0.05) is 76.1 Å². The number of unbranched alkanes of at least 4 members (excludes halogenated alkanes) is 1. The topological polar surface area (TPSA) is 87.8 Å². The van der Waals surface area contributed by atoms with Gasteiger partial charge in [0.15, 0.2) is 0 Å².